The lowest BCUT2D eigenvalue weighted by atomic mass is 9.84. The summed E-state index contributed by atoms with van der Waals surface area (Å²) in [5.74, 6) is -1.65. The Morgan fingerprint density at radius 1 is 1.32 bits per heavy atom. The van der Waals surface area contributed by atoms with Gasteiger partial charge in [-0.05, 0) is 32.1 Å². The fourth-order valence-corrected chi connectivity index (χ4v) is 3.50. The van der Waals surface area contributed by atoms with Gasteiger partial charge in [0.25, 0.3) is 5.91 Å². The van der Waals surface area contributed by atoms with Gasteiger partial charge in [-0.2, -0.15) is 13.2 Å². The maximum atomic E-state index is 12.4. The summed E-state index contributed by atoms with van der Waals surface area (Å²) >= 11 is 0. The molecule has 1 heterocycles. The summed E-state index contributed by atoms with van der Waals surface area (Å²) in [6.07, 6.45) is -1.99. The molecule has 1 N–H and O–H groups in total. The van der Waals surface area contributed by atoms with Crippen molar-refractivity contribution >= 4 is 11.9 Å². The molecule has 0 bridgehead atoms. The minimum Gasteiger partial charge on any atom is -0.480 e. The molecule has 2 fully saturated rings. The first-order valence-electron chi connectivity index (χ1n) is 7.44. The molecule has 0 aromatic rings. The summed E-state index contributed by atoms with van der Waals surface area (Å²) in [5, 5.41) is 9.31. The van der Waals surface area contributed by atoms with Crippen molar-refractivity contribution in [3.8, 4) is 0 Å². The Morgan fingerprint density at radius 2 is 1.95 bits per heavy atom. The number of carboxylic acid groups (broad SMARTS) is 1. The summed E-state index contributed by atoms with van der Waals surface area (Å²) in [4.78, 5) is 25.0. The zero-order valence-electron chi connectivity index (χ0n) is 12.3. The van der Waals surface area contributed by atoms with Crippen molar-refractivity contribution in [2.24, 2.45) is 5.92 Å². The molecule has 2 rings (SSSR count). The van der Waals surface area contributed by atoms with Crippen LogP contribution in [0.4, 0.5) is 13.2 Å². The summed E-state index contributed by atoms with van der Waals surface area (Å²) in [6.45, 7) is -0.275. The van der Waals surface area contributed by atoms with Crippen LogP contribution in [0.15, 0.2) is 0 Å². The second kappa shape index (κ2) is 6.44. The molecule has 1 aliphatic heterocycles. The van der Waals surface area contributed by atoms with E-state index >= 15 is 0 Å². The van der Waals surface area contributed by atoms with Crippen LogP contribution in [0.1, 0.15) is 39.0 Å². The minimum atomic E-state index is -4.51. The largest absolute Gasteiger partial charge is 0.480 e. The van der Waals surface area contributed by atoms with Crippen molar-refractivity contribution < 1.29 is 32.6 Å². The lowest BCUT2D eigenvalue weighted by Gasteiger charge is -2.34. The van der Waals surface area contributed by atoms with Gasteiger partial charge in [0.1, 0.15) is 18.8 Å². The van der Waals surface area contributed by atoms with E-state index in [1.807, 2.05) is 0 Å². The second-order valence-electron chi connectivity index (χ2n) is 6.02. The molecule has 0 radical (unpaired) electrons. The lowest BCUT2D eigenvalue weighted by Crippen LogP contribution is -2.50. The number of carboxylic acids is 1. The molecular formula is C14H20F3NO4. The highest BCUT2D eigenvalue weighted by molar-refractivity contribution is 5.87. The average molecular weight is 323 g/mol. The Labute approximate surface area is 126 Å². The van der Waals surface area contributed by atoms with Crippen LogP contribution in [0.5, 0.6) is 0 Å². The zero-order chi connectivity index (χ0) is 16.5. The van der Waals surface area contributed by atoms with Gasteiger partial charge in [0.2, 0.25) is 0 Å². The molecule has 1 saturated carbocycles. The number of carbonyl (C=O) groups excluding carboxylic acids is 1. The van der Waals surface area contributed by atoms with Gasteiger partial charge in [-0.1, -0.05) is 12.8 Å². The standard InChI is InChI=1S/C14H20F3NO4/c1-8(22-7-14(15,16)17)12(19)18-10-5-3-2-4-9(10)6-11(18)13(20)21/h8-11H,2-7H2,1H3,(H,20,21). The molecule has 5 nitrogen and oxygen atoms in total. The van der Waals surface area contributed by atoms with E-state index in [-0.39, 0.29) is 12.0 Å². The number of likely N-dealkylation sites (tertiary alicyclic amines) is 1. The molecule has 0 spiro atoms. The zero-order valence-corrected chi connectivity index (χ0v) is 12.3. The summed E-state index contributed by atoms with van der Waals surface area (Å²) in [5.41, 5.74) is 0. The van der Waals surface area contributed by atoms with Gasteiger partial charge in [0, 0.05) is 6.04 Å². The predicted octanol–water partition coefficient (Wildman–Crippen LogP) is 2.20. The van der Waals surface area contributed by atoms with E-state index in [2.05, 4.69) is 4.74 Å². The number of rotatable bonds is 4. The molecule has 8 heteroatoms. The molecule has 4 atom stereocenters. The number of ether oxygens (including phenoxy) is 1. The summed E-state index contributed by atoms with van der Waals surface area (Å²) < 4.78 is 41.1. The van der Waals surface area contributed by atoms with Crippen molar-refractivity contribution in [2.45, 2.75) is 63.4 Å². The minimum absolute atomic E-state index is 0.119. The number of amides is 1. The van der Waals surface area contributed by atoms with Gasteiger partial charge in [-0.3, -0.25) is 4.79 Å². The first kappa shape index (κ1) is 17.1. The topological polar surface area (TPSA) is 66.8 Å². The molecule has 126 valence electrons. The smallest absolute Gasteiger partial charge is 0.411 e. The van der Waals surface area contributed by atoms with Gasteiger partial charge < -0.3 is 14.7 Å². The Morgan fingerprint density at radius 3 is 2.55 bits per heavy atom. The van der Waals surface area contributed by atoms with E-state index in [0.717, 1.165) is 19.3 Å². The quantitative estimate of drug-likeness (QED) is 0.861. The molecule has 2 aliphatic rings. The van der Waals surface area contributed by atoms with Crippen LogP contribution in [0, 0.1) is 5.92 Å². The van der Waals surface area contributed by atoms with E-state index in [1.54, 1.807) is 0 Å². The third kappa shape index (κ3) is 3.71. The van der Waals surface area contributed by atoms with Crippen LogP contribution in [0.25, 0.3) is 0 Å². The second-order valence-corrected chi connectivity index (χ2v) is 6.02. The van der Waals surface area contributed by atoms with Crippen LogP contribution in [0.3, 0.4) is 0 Å². The fourth-order valence-electron chi connectivity index (χ4n) is 3.50. The highest BCUT2D eigenvalue weighted by Gasteiger charge is 2.48. The maximum absolute atomic E-state index is 12.4. The Hall–Kier alpha value is -1.31. The molecule has 0 aromatic heterocycles. The maximum Gasteiger partial charge on any atom is 0.411 e. The van der Waals surface area contributed by atoms with E-state index in [1.165, 1.54) is 11.8 Å². The predicted molar refractivity (Wildman–Crippen MR) is 70.1 cm³/mol. The van der Waals surface area contributed by atoms with Crippen LogP contribution >= 0.6 is 0 Å². The Balaban J connectivity index is 2.08. The van der Waals surface area contributed by atoms with E-state index in [9.17, 15) is 27.9 Å². The normalized spacial score (nSPS) is 30.0. The lowest BCUT2D eigenvalue weighted by molar-refractivity contribution is -0.190. The number of carbonyl (C=O) groups is 2. The number of halogens is 3. The van der Waals surface area contributed by atoms with Crippen LogP contribution in [-0.4, -0.2) is 52.9 Å². The highest BCUT2D eigenvalue weighted by atomic mass is 19.4. The fraction of sp³-hybridized carbons (Fsp3) is 0.857. The van der Waals surface area contributed by atoms with Crippen LogP contribution in [-0.2, 0) is 14.3 Å². The van der Waals surface area contributed by atoms with E-state index < -0.39 is 36.8 Å². The molecule has 1 amide bonds. The number of aliphatic carboxylic acids is 1. The number of nitrogens with zero attached hydrogens (tertiary/aromatic N) is 1. The van der Waals surface area contributed by atoms with Crippen molar-refractivity contribution in [3.63, 3.8) is 0 Å². The van der Waals surface area contributed by atoms with Crippen molar-refractivity contribution in [3.05, 3.63) is 0 Å². The van der Waals surface area contributed by atoms with Crippen molar-refractivity contribution in [1.29, 1.82) is 0 Å². The average Bonchev–Trinajstić information content (AvgIpc) is 2.82. The van der Waals surface area contributed by atoms with Crippen LogP contribution in [0.2, 0.25) is 0 Å². The van der Waals surface area contributed by atoms with Gasteiger partial charge in [-0.15, -0.1) is 0 Å². The number of alkyl halides is 3. The van der Waals surface area contributed by atoms with E-state index in [0.29, 0.717) is 12.8 Å². The van der Waals surface area contributed by atoms with Crippen molar-refractivity contribution in [1.82, 2.24) is 4.90 Å². The van der Waals surface area contributed by atoms with Crippen molar-refractivity contribution in [2.75, 3.05) is 6.61 Å². The SMILES string of the molecule is CC(OCC(F)(F)F)C(=O)N1C(C(=O)O)CC2CCCCC21. The first-order chi connectivity index (χ1) is 10.2. The van der Waals surface area contributed by atoms with E-state index in [4.69, 9.17) is 0 Å². The number of fused-ring (bicyclic) bond motifs is 1. The molecule has 22 heavy (non-hydrogen) atoms. The van der Waals surface area contributed by atoms with Gasteiger partial charge in [0.15, 0.2) is 0 Å². The molecule has 0 aromatic carbocycles. The Bertz CT molecular complexity index is 440. The molecule has 1 saturated heterocycles. The number of hydrogen-bond acceptors (Lipinski definition) is 3. The molecule has 1 aliphatic carbocycles. The van der Waals surface area contributed by atoms with Gasteiger partial charge in [0.05, 0.1) is 0 Å². The summed E-state index contributed by atoms with van der Waals surface area (Å²) in [7, 11) is 0. The van der Waals surface area contributed by atoms with Gasteiger partial charge >= 0.3 is 12.1 Å². The highest BCUT2D eigenvalue weighted by Crippen LogP contribution is 2.40. The summed E-state index contributed by atoms with van der Waals surface area (Å²) in [6, 6.07) is -1.16. The molecule has 4 unspecified atom stereocenters. The van der Waals surface area contributed by atoms with Crippen LogP contribution < -0.4 is 0 Å². The third-order valence-corrected chi connectivity index (χ3v) is 4.47. The monoisotopic (exact) mass is 323 g/mol. The Kier molecular flexibility index (Phi) is 4.99. The third-order valence-electron chi connectivity index (χ3n) is 4.47. The van der Waals surface area contributed by atoms with Gasteiger partial charge in [-0.25, -0.2) is 4.79 Å². The first-order valence-corrected chi connectivity index (χ1v) is 7.44. The molecular weight excluding hydrogens is 303 g/mol. The number of hydrogen-bond donors (Lipinski definition) is 1.